The quantitative estimate of drug-likeness (QED) is 0.335. The maximum absolute atomic E-state index is 6.75. The highest BCUT2D eigenvalue weighted by Crippen LogP contribution is 2.41. The van der Waals surface area contributed by atoms with Gasteiger partial charge in [-0.1, -0.05) is 12.1 Å². The van der Waals surface area contributed by atoms with Crippen LogP contribution in [0, 0.1) is 0 Å². The Kier molecular flexibility index (Phi) is 9.00. The van der Waals surface area contributed by atoms with Crippen LogP contribution in [0.3, 0.4) is 0 Å². The number of ether oxygens (including phenoxy) is 5. The van der Waals surface area contributed by atoms with Crippen LogP contribution in [0.15, 0.2) is 36.4 Å². The van der Waals surface area contributed by atoms with E-state index in [9.17, 15) is 0 Å². The predicted molar refractivity (Wildman–Crippen MR) is 173 cm³/mol. The first-order chi connectivity index (χ1) is 21.2. The molecule has 45 heavy (non-hydrogen) atoms. The van der Waals surface area contributed by atoms with Crippen molar-refractivity contribution in [3.63, 3.8) is 0 Å². The summed E-state index contributed by atoms with van der Waals surface area (Å²) in [4.78, 5) is 0. The largest absolute Gasteiger partial charge is 0.494 e. The average Bonchev–Trinajstić information content (AvgIpc) is 3.35. The van der Waals surface area contributed by atoms with Gasteiger partial charge >= 0.3 is 14.2 Å². The molecule has 2 aromatic rings. The Hall–Kier alpha value is -2.27. The minimum atomic E-state index is -0.570. The van der Waals surface area contributed by atoms with E-state index < -0.39 is 36.6 Å². The summed E-state index contributed by atoms with van der Waals surface area (Å²) in [5.74, 6) is 2.11. The molecule has 4 fully saturated rings. The van der Waals surface area contributed by atoms with Gasteiger partial charge in [0.25, 0.3) is 0 Å². The lowest BCUT2D eigenvalue weighted by Crippen LogP contribution is -2.41. The lowest BCUT2D eigenvalue weighted by atomic mass is 9.78. The number of rotatable bonds is 8. The van der Waals surface area contributed by atoms with Gasteiger partial charge in [0.15, 0.2) is 35.6 Å². The molecule has 0 saturated carbocycles. The maximum atomic E-state index is 6.75. The molecule has 0 N–H and O–H groups in total. The summed E-state index contributed by atoms with van der Waals surface area (Å²) in [7, 11) is -1.14. The smallest absolute Gasteiger partial charge is 0.461 e. The number of hydrogen-bond donors (Lipinski definition) is 0. The predicted octanol–water partition coefficient (Wildman–Crippen LogP) is 5.89. The van der Waals surface area contributed by atoms with E-state index in [1.165, 1.54) is 0 Å². The molecule has 0 amide bonds. The lowest BCUT2D eigenvalue weighted by molar-refractivity contribution is -0.107. The first-order valence-electron chi connectivity index (χ1n) is 16.5. The van der Waals surface area contributed by atoms with Crippen LogP contribution in [0.2, 0.25) is 0 Å². The summed E-state index contributed by atoms with van der Waals surface area (Å²) in [5.41, 5.74) is -0.296. The van der Waals surface area contributed by atoms with Gasteiger partial charge in [-0.15, -0.1) is 0 Å². The van der Waals surface area contributed by atoms with Crippen molar-refractivity contribution < 1.29 is 42.3 Å². The van der Waals surface area contributed by atoms with Crippen LogP contribution in [0.1, 0.15) is 93.9 Å². The summed E-state index contributed by atoms with van der Waals surface area (Å²) in [5, 5.41) is 0. The van der Waals surface area contributed by atoms with E-state index in [0.717, 1.165) is 49.5 Å². The minimum Gasteiger partial charge on any atom is -0.461 e. The molecular formula is C34H48B2O9. The Labute approximate surface area is 268 Å². The second-order valence-corrected chi connectivity index (χ2v) is 14.5. The maximum Gasteiger partial charge on any atom is 0.494 e. The van der Waals surface area contributed by atoms with Crippen LogP contribution < -0.4 is 25.1 Å². The molecule has 244 valence electrons. The molecule has 0 aliphatic carbocycles. The van der Waals surface area contributed by atoms with Gasteiger partial charge in [-0.25, -0.2) is 0 Å². The van der Waals surface area contributed by atoms with Crippen molar-refractivity contribution in [1.29, 1.82) is 0 Å². The minimum absolute atomic E-state index is 0.355. The second kappa shape index (κ2) is 12.4. The van der Waals surface area contributed by atoms with Crippen LogP contribution in [0.4, 0.5) is 0 Å². The van der Waals surface area contributed by atoms with Crippen molar-refractivity contribution in [3.8, 4) is 23.0 Å². The Balaban J connectivity index is 1.36. The Morgan fingerprint density at radius 3 is 1.24 bits per heavy atom. The molecule has 6 rings (SSSR count). The molecule has 4 heterocycles. The van der Waals surface area contributed by atoms with Crippen molar-refractivity contribution in [3.05, 3.63) is 36.4 Å². The van der Waals surface area contributed by atoms with Gasteiger partial charge in [0, 0.05) is 12.8 Å². The van der Waals surface area contributed by atoms with E-state index in [1.807, 2.05) is 91.8 Å². The molecular weight excluding hydrogens is 574 g/mol. The third-order valence-corrected chi connectivity index (χ3v) is 10.00. The zero-order chi connectivity index (χ0) is 32.0. The van der Waals surface area contributed by atoms with Crippen molar-refractivity contribution in [1.82, 2.24) is 0 Å². The second-order valence-electron chi connectivity index (χ2n) is 14.5. The standard InChI is InChI=1S/C34H48B2O9/c1-31(2)32(3,4)43-35(42-31)23-15-17-25(40-29-13-9-11-19-37-29)27(21-23)39-28-22-24(36-44-33(5,6)34(7,8)45-36)16-18-26(28)41-30-14-10-12-20-38-30/h15-18,21-22,29-30H,9-14,19-20H2,1-8H3. The van der Waals surface area contributed by atoms with Gasteiger partial charge in [-0.3, -0.25) is 0 Å². The summed E-state index contributed by atoms with van der Waals surface area (Å²) >= 11 is 0. The fourth-order valence-corrected chi connectivity index (χ4v) is 5.67. The molecule has 2 unspecified atom stereocenters. The highest BCUT2D eigenvalue weighted by molar-refractivity contribution is 6.62. The highest BCUT2D eigenvalue weighted by atomic mass is 16.7. The molecule has 0 bridgehead atoms. The lowest BCUT2D eigenvalue weighted by Gasteiger charge is -2.32. The van der Waals surface area contributed by atoms with Crippen LogP contribution in [-0.2, 0) is 28.1 Å². The van der Waals surface area contributed by atoms with Crippen molar-refractivity contribution >= 4 is 25.2 Å². The molecule has 4 aliphatic rings. The molecule has 2 atom stereocenters. The molecule has 0 spiro atoms. The van der Waals surface area contributed by atoms with Crippen molar-refractivity contribution in [2.45, 2.75) is 129 Å². The fourth-order valence-electron chi connectivity index (χ4n) is 5.67. The molecule has 0 radical (unpaired) electrons. The zero-order valence-corrected chi connectivity index (χ0v) is 28.1. The summed E-state index contributed by atoms with van der Waals surface area (Å²) < 4.78 is 56.9. The zero-order valence-electron chi connectivity index (χ0n) is 28.1. The highest BCUT2D eigenvalue weighted by Gasteiger charge is 2.53. The fraction of sp³-hybridized carbons (Fsp3) is 0.647. The van der Waals surface area contributed by atoms with E-state index in [4.69, 9.17) is 42.3 Å². The summed E-state index contributed by atoms with van der Waals surface area (Å²) in [6.45, 7) is 17.7. The number of hydrogen-bond acceptors (Lipinski definition) is 9. The van der Waals surface area contributed by atoms with Crippen LogP contribution in [-0.4, -0.2) is 62.4 Å². The van der Waals surface area contributed by atoms with Gasteiger partial charge in [0.2, 0.25) is 0 Å². The third-order valence-electron chi connectivity index (χ3n) is 10.00. The van der Waals surface area contributed by atoms with Gasteiger partial charge in [0.05, 0.1) is 35.6 Å². The molecule has 4 saturated heterocycles. The van der Waals surface area contributed by atoms with Crippen molar-refractivity contribution in [2.75, 3.05) is 13.2 Å². The first-order valence-corrected chi connectivity index (χ1v) is 16.5. The Bertz CT molecular complexity index is 1220. The van der Waals surface area contributed by atoms with Crippen LogP contribution >= 0.6 is 0 Å². The van der Waals surface area contributed by atoms with Crippen LogP contribution in [0.5, 0.6) is 23.0 Å². The van der Waals surface area contributed by atoms with E-state index in [-0.39, 0.29) is 12.6 Å². The molecule has 0 aromatic heterocycles. The van der Waals surface area contributed by atoms with Gasteiger partial charge in [0.1, 0.15) is 0 Å². The average molecular weight is 622 g/mol. The summed E-state index contributed by atoms with van der Waals surface area (Å²) in [6, 6.07) is 11.6. The normalized spacial score (nSPS) is 26.9. The van der Waals surface area contributed by atoms with Gasteiger partial charge in [-0.2, -0.15) is 0 Å². The number of benzene rings is 2. The SMILES string of the molecule is CC1(C)OB(c2ccc(OC3CCCCO3)c(Oc3cc(B4OC(C)(C)C(C)(C)O4)ccc3OC3CCCCO3)c2)OC1(C)C. The Morgan fingerprint density at radius 2 is 0.911 bits per heavy atom. The molecule has 9 nitrogen and oxygen atoms in total. The molecule has 4 aliphatic heterocycles. The van der Waals surface area contributed by atoms with Gasteiger partial charge in [-0.05, 0) is 116 Å². The third kappa shape index (κ3) is 6.90. The summed E-state index contributed by atoms with van der Waals surface area (Å²) in [6.07, 6.45) is 5.05. The topological polar surface area (TPSA) is 83.1 Å². The first kappa shape index (κ1) is 32.7. The molecule has 2 aromatic carbocycles. The monoisotopic (exact) mass is 622 g/mol. The van der Waals surface area contributed by atoms with E-state index in [2.05, 4.69) is 0 Å². The van der Waals surface area contributed by atoms with Crippen LogP contribution in [0.25, 0.3) is 0 Å². The van der Waals surface area contributed by atoms with Crippen molar-refractivity contribution in [2.24, 2.45) is 0 Å². The van der Waals surface area contributed by atoms with E-state index in [1.54, 1.807) is 0 Å². The molecule has 11 heteroatoms. The van der Waals surface area contributed by atoms with E-state index >= 15 is 0 Å². The Morgan fingerprint density at radius 1 is 0.533 bits per heavy atom. The van der Waals surface area contributed by atoms with E-state index in [0.29, 0.717) is 36.2 Å². The van der Waals surface area contributed by atoms with Gasteiger partial charge < -0.3 is 42.3 Å².